The van der Waals surface area contributed by atoms with E-state index in [1.165, 1.54) is 11.3 Å². The third kappa shape index (κ3) is 3.04. The van der Waals surface area contributed by atoms with Crippen molar-refractivity contribution in [2.45, 2.75) is 19.3 Å². The number of hydrogen-bond donors (Lipinski definition) is 0. The molecular formula is C28H22N4. The molecule has 1 aliphatic rings. The predicted molar refractivity (Wildman–Crippen MR) is 128 cm³/mol. The van der Waals surface area contributed by atoms with Crippen molar-refractivity contribution in [1.29, 1.82) is 0 Å². The average molecular weight is 415 g/mol. The van der Waals surface area contributed by atoms with E-state index in [-0.39, 0.29) is 0 Å². The molecule has 4 heterocycles. The summed E-state index contributed by atoms with van der Waals surface area (Å²) in [6.45, 7) is 2.28. The molecular weight excluding hydrogens is 392 g/mol. The van der Waals surface area contributed by atoms with Crippen LogP contribution in [0.4, 0.5) is 0 Å². The Balaban J connectivity index is 1.56. The van der Waals surface area contributed by atoms with Gasteiger partial charge in [-0.05, 0) is 35.2 Å². The van der Waals surface area contributed by atoms with Gasteiger partial charge in [-0.15, -0.1) is 0 Å². The third-order valence-corrected chi connectivity index (χ3v) is 6.17. The first-order chi connectivity index (χ1) is 15.8. The summed E-state index contributed by atoms with van der Waals surface area (Å²) >= 11 is 0. The molecule has 6 rings (SSSR count). The molecule has 0 spiro atoms. The second-order valence-electron chi connectivity index (χ2n) is 8.28. The van der Waals surface area contributed by atoms with Crippen molar-refractivity contribution in [1.82, 2.24) is 19.5 Å². The van der Waals surface area contributed by atoms with Gasteiger partial charge >= 0.3 is 0 Å². The molecule has 4 nitrogen and oxygen atoms in total. The molecule has 0 bridgehead atoms. The van der Waals surface area contributed by atoms with Crippen LogP contribution in [0.1, 0.15) is 24.1 Å². The van der Waals surface area contributed by atoms with Gasteiger partial charge in [-0.3, -0.25) is 9.55 Å². The monoisotopic (exact) mass is 414 g/mol. The number of fused-ring (bicyclic) bond motifs is 3. The van der Waals surface area contributed by atoms with Crippen LogP contribution in [-0.2, 0) is 6.42 Å². The summed E-state index contributed by atoms with van der Waals surface area (Å²) in [5.41, 5.74) is 8.00. The van der Waals surface area contributed by atoms with Crippen molar-refractivity contribution in [3.63, 3.8) is 0 Å². The lowest BCUT2D eigenvalue weighted by Crippen LogP contribution is -2.17. The summed E-state index contributed by atoms with van der Waals surface area (Å²) < 4.78 is 2.27. The Bertz CT molecular complexity index is 1390. The number of hydrogen-bond acceptors (Lipinski definition) is 3. The lowest BCUT2D eigenvalue weighted by atomic mass is 9.92. The Kier molecular flexibility index (Phi) is 4.43. The van der Waals surface area contributed by atoms with Crippen LogP contribution in [0.15, 0.2) is 97.5 Å². The van der Waals surface area contributed by atoms with Crippen LogP contribution in [-0.4, -0.2) is 19.5 Å². The Morgan fingerprint density at radius 1 is 0.750 bits per heavy atom. The van der Waals surface area contributed by atoms with Crippen LogP contribution in [0.3, 0.4) is 0 Å². The van der Waals surface area contributed by atoms with Gasteiger partial charge in [0.2, 0.25) is 0 Å². The number of benzene rings is 2. The average Bonchev–Trinajstić information content (AvgIpc) is 3.27. The van der Waals surface area contributed by atoms with Gasteiger partial charge in [0, 0.05) is 35.6 Å². The molecule has 3 aromatic heterocycles. The maximum absolute atomic E-state index is 5.19. The zero-order valence-corrected chi connectivity index (χ0v) is 17.8. The molecule has 0 aliphatic carbocycles. The van der Waals surface area contributed by atoms with Gasteiger partial charge in [0.1, 0.15) is 11.6 Å². The summed E-state index contributed by atoms with van der Waals surface area (Å²) in [7, 11) is 0. The van der Waals surface area contributed by atoms with Crippen molar-refractivity contribution in [2.24, 2.45) is 0 Å². The van der Waals surface area contributed by atoms with Crippen molar-refractivity contribution in [3.8, 4) is 39.6 Å². The van der Waals surface area contributed by atoms with Gasteiger partial charge in [-0.2, -0.15) is 0 Å². The van der Waals surface area contributed by atoms with E-state index in [4.69, 9.17) is 9.97 Å². The molecule has 0 radical (unpaired) electrons. The van der Waals surface area contributed by atoms with E-state index in [1.807, 2.05) is 30.6 Å². The molecule has 2 aromatic carbocycles. The lowest BCUT2D eigenvalue weighted by molar-refractivity contribution is 0.667. The summed E-state index contributed by atoms with van der Waals surface area (Å²) in [4.78, 5) is 14.2. The fraction of sp³-hybridized carbons (Fsp3) is 0.107. The first kappa shape index (κ1) is 18.7. The van der Waals surface area contributed by atoms with Crippen LogP contribution in [0, 0.1) is 0 Å². The predicted octanol–water partition coefficient (Wildman–Crippen LogP) is 6.32. The zero-order chi connectivity index (χ0) is 21.5. The van der Waals surface area contributed by atoms with E-state index in [1.54, 1.807) is 6.20 Å². The highest BCUT2D eigenvalue weighted by Gasteiger charge is 2.30. The summed E-state index contributed by atoms with van der Waals surface area (Å²) in [6, 6.07) is 27.3. The van der Waals surface area contributed by atoms with Crippen molar-refractivity contribution >= 4 is 0 Å². The Morgan fingerprint density at radius 3 is 2.28 bits per heavy atom. The maximum atomic E-state index is 5.19. The van der Waals surface area contributed by atoms with Gasteiger partial charge in [-0.25, -0.2) is 9.97 Å². The second kappa shape index (κ2) is 7.57. The number of imidazole rings is 1. The van der Waals surface area contributed by atoms with Gasteiger partial charge in [0.05, 0.1) is 11.4 Å². The lowest BCUT2D eigenvalue weighted by Gasteiger charge is -2.25. The molecule has 0 fully saturated rings. The van der Waals surface area contributed by atoms with E-state index in [2.05, 4.69) is 77.1 Å². The minimum atomic E-state index is 0.345. The molecule has 32 heavy (non-hydrogen) atoms. The fourth-order valence-corrected chi connectivity index (χ4v) is 4.67. The van der Waals surface area contributed by atoms with Crippen LogP contribution in [0.25, 0.3) is 39.6 Å². The van der Waals surface area contributed by atoms with Crippen molar-refractivity contribution in [2.75, 3.05) is 0 Å². The molecule has 0 amide bonds. The van der Waals surface area contributed by atoms with Crippen LogP contribution in [0.2, 0.25) is 0 Å². The summed E-state index contributed by atoms with van der Waals surface area (Å²) in [5.74, 6) is 2.27. The topological polar surface area (TPSA) is 43.6 Å². The highest BCUT2D eigenvalue weighted by atomic mass is 15.2. The van der Waals surface area contributed by atoms with E-state index in [0.717, 1.165) is 46.0 Å². The molecule has 4 heteroatoms. The highest BCUT2D eigenvalue weighted by molar-refractivity contribution is 5.74. The molecule has 0 saturated carbocycles. The quantitative estimate of drug-likeness (QED) is 0.347. The molecule has 1 aliphatic heterocycles. The first-order valence-corrected chi connectivity index (χ1v) is 10.9. The van der Waals surface area contributed by atoms with E-state index in [9.17, 15) is 0 Å². The van der Waals surface area contributed by atoms with E-state index < -0.39 is 0 Å². The van der Waals surface area contributed by atoms with Gasteiger partial charge in [0.15, 0.2) is 0 Å². The van der Waals surface area contributed by atoms with Gasteiger partial charge < -0.3 is 0 Å². The normalized spacial score (nSPS) is 14.6. The van der Waals surface area contributed by atoms with Crippen LogP contribution in [0.5, 0.6) is 0 Å². The smallest absolute Gasteiger partial charge is 0.146 e. The summed E-state index contributed by atoms with van der Waals surface area (Å²) in [6.07, 6.45) is 6.53. The first-order valence-electron chi connectivity index (χ1n) is 10.9. The number of rotatable bonds is 3. The Morgan fingerprint density at radius 2 is 1.50 bits per heavy atom. The highest BCUT2D eigenvalue weighted by Crippen LogP contribution is 2.41. The molecule has 0 saturated heterocycles. The molecule has 5 aromatic rings. The van der Waals surface area contributed by atoms with E-state index in [0.29, 0.717) is 5.92 Å². The standard InChI is InChI=1S/C28H22N4/c1-19-17-23-9-6-16-30-27(23)32-26(19)25(21-7-3-2-4-8-21)31-28(32)22-13-11-20(12-14-22)24-10-5-15-29-18-24/h2-16,18-19H,17H2,1H3. The van der Waals surface area contributed by atoms with Crippen LogP contribution < -0.4 is 0 Å². The largest absolute Gasteiger partial charge is 0.280 e. The number of pyridine rings is 2. The SMILES string of the molecule is CC1Cc2cccnc2-n2c(-c3ccc(-c4cccnc4)cc3)nc(-c3ccccc3)c21. The minimum Gasteiger partial charge on any atom is -0.280 e. The van der Waals surface area contributed by atoms with Crippen molar-refractivity contribution < 1.29 is 0 Å². The zero-order valence-electron chi connectivity index (χ0n) is 17.8. The van der Waals surface area contributed by atoms with E-state index >= 15 is 0 Å². The van der Waals surface area contributed by atoms with Gasteiger partial charge in [0.25, 0.3) is 0 Å². The fourth-order valence-electron chi connectivity index (χ4n) is 4.67. The molecule has 1 unspecified atom stereocenters. The second-order valence-corrected chi connectivity index (χ2v) is 8.28. The number of nitrogens with zero attached hydrogens (tertiary/aromatic N) is 4. The Labute approximate surface area is 187 Å². The molecule has 1 atom stereocenters. The third-order valence-electron chi connectivity index (χ3n) is 6.17. The summed E-state index contributed by atoms with van der Waals surface area (Å²) in [5, 5.41) is 0. The molecule has 154 valence electrons. The van der Waals surface area contributed by atoms with Crippen LogP contribution >= 0.6 is 0 Å². The minimum absolute atomic E-state index is 0.345. The molecule has 0 N–H and O–H groups in total. The Hall–Kier alpha value is -4.05. The number of aromatic nitrogens is 4. The maximum Gasteiger partial charge on any atom is 0.146 e. The van der Waals surface area contributed by atoms with Gasteiger partial charge in [-0.1, -0.05) is 73.7 Å². The van der Waals surface area contributed by atoms with Crippen molar-refractivity contribution in [3.05, 3.63) is 109 Å².